The highest BCUT2D eigenvalue weighted by Gasteiger charge is 2.31. The first kappa shape index (κ1) is 16.3. The van der Waals surface area contributed by atoms with Crippen LogP contribution in [0.4, 0.5) is 18.9 Å². The number of rotatable bonds is 3. The Morgan fingerprint density at radius 2 is 2.00 bits per heavy atom. The highest BCUT2D eigenvalue weighted by molar-refractivity contribution is 6.31. The van der Waals surface area contributed by atoms with Crippen molar-refractivity contribution in [1.82, 2.24) is 9.55 Å². The number of nitrogens with zero attached hydrogens (tertiary/aromatic N) is 3. The van der Waals surface area contributed by atoms with Crippen LogP contribution >= 0.6 is 11.6 Å². The molecule has 0 aliphatic rings. The molecule has 24 heavy (non-hydrogen) atoms. The van der Waals surface area contributed by atoms with Gasteiger partial charge in [-0.3, -0.25) is 4.98 Å². The number of para-hydroxylation sites is 1. The van der Waals surface area contributed by atoms with Crippen LogP contribution in [0.2, 0.25) is 5.02 Å². The molecule has 0 saturated heterocycles. The minimum Gasteiger partial charge on any atom is -0.493 e. The largest absolute Gasteiger partial charge is 0.493 e. The summed E-state index contributed by atoms with van der Waals surface area (Å²) < 4.78 is 39.3. The van der Waals surface area contributed by atoms with E-state index in [2.05, 4.69) is 10.2 Å². The van der Waals surface area contributed by atoms with Crippen molar-refractivity contribution in [2.24, 2.45) is 5.18 Å². The Labute approximate surface area is 138 Å². The molecule has 1 aromatic carbocycles. The van der Waals surface area contributed by atoms with E-state index < -0.39 is 17.6 Å². The van der Waals surface area contributed by atoms with Crippen LogP contribution in [-0.4, -0.2) is 14.7 Å². The van der Waals surface area contributed by atoms with E-state index in [1.54, 1.807) is 24.3 Å². The zero-order valence-electron chi connectivity index (χ0n) is 11.9. The lowest BCUT2D eigenvalue weighted by atomic mass is 10.2. The molecule has 3 rings (SSSR count). The maximum Gasteiger partial charge on any atom is 0.417 e. The maximum atomic E-state index is 12.7. The standard InChI is InChI=1S/C15H9ClF3N3O2/c16-10-5-8(15(17,18)19)6-20-11(10)7-22-12-4-2-1-3-9(12)13(21-24)14(22)23/h1-6,23H,7H2. The van der Waals surface area contributed by atoms with Crippen LogP contribution < -0.4 is 0 Å². The first-order valence-corrected chi connectivity index (χ1v) is 7.06. The van der Waals surface area contributed by atoms with E-state index in [0.717, 1.165) is 6.07 Å². The Hall–Kier alpha value is -2.61. The molecule has 0 radical (unpaired) electrons. The maximum absolute atomic E-state index is 12.7. The Bertz CT molecular complexity index is 938. The average molecular weight is 356 g/mol. The number of hydrogen-bond donors (Lipinski definition) is 1. The third-order valence-electron chi connectivity index (χ3n) is 3.56. The fraction of sp³-hybridized carbons (Fsp3) is 0.133. The molecule has 2 aromatic heterocycles. The summed E-state index contributed by atoms with van der Waals surface area (Å²) in [5.41, 5.74) is -0.498. The predicted molar refractivity (Wildman–Crippen MR) is 82.4 cm³/mol. The molecule has 0 aliphatic carbocycles. The average Bonchev–Trinajstić information content (AvgIpc) is 2.80. The molecule has 124 valence electrons. The van der Waals surface area contributed by atoms with Gasteiger partial charge in [-0.2, -0.15) is 13.2 Å². The van der Waals surface area contributed by atoms with Crippen molar-refractivity contribution in [2.45, 2.75) is 12.7 Å². The van der Waals surface area contributed by atoms with Crippen LogP contribution in [0.5, 0.6) is 5.88 Å². The fourth-order valence-corrected chi connectivity index (χ4v) is 2.64. The summed E-state index contributed by atoms with van der Waals surface area (Å²) in [6, 6.07) is 7.37. The monoisotopic (exact) mass is 355 g/mol. The van der Waals surface area contributed by atoms with Gasteiger partial charge in [-0.25, -0.2) is 0 Å². The highest BCUT2D eigenvalue weighted by Crippen LogP contribution is 2.39. The topological polar surface area (TPSA) is 67.5 Å². The van der Waals surface area contributed by atoms with Crippen molar-refractivity contribution in [2.75, 3.05) is 0 Å². The van der Waals surface area contributed by atoms with Crippen molar-refractivity contribution in [3.8, 4) is 5.88 Å². The summed E-state index contributed by atoms with van der Waals surface area (Å²) >= 11 is 5.89. The summed E-state index contributed by atoms with van der Waals surface area (Å²) in [6.45, 7) is -0.112. The molecule has 5 nitrogen and oxygen atoms in total. The molecule has 2 heterocycles. The molecule has 0 atom stereocenters. The molecule has 0 bridgehead atoms. The van der Waals surface area contributed by atoms with E-state index in [1.807, 2.05) is 0 Å². The van der Waals surface area contributed by atoms with Crippen molar-refractivity contribution >= 4 is 28.2 Å². The Morgan fingerprint density at radius 1 is 1.29 bits per heavy atom. The van der Waals surface area contributed by atoms with Gasteiger partial charge in [0.25, 0.3) is 0 Å². The zero-order chi connectivity index (χ0) is 17.5. The molecule has 0 aliphatic heterocycles. The van der Waals surface area contributed by atoms with E-state index in [1.165, 1.54) is 4.57 Å². The Kier molecular flexibility index (Phi) is 3.92. The molecule has 0 amide bonds. The van der Waals surface area contributed by atoms with E-state index >= 15 is 0 Å². The van der Waals surface area contributed by atoms with Crippen LogP contribution in [0.15, 0.2) is 41.7 Å². The van der Waals surface area contributed by atoms with Gasteiger partial charge >= 0.3 is 6.18 Å². The second kappa shape index (κ2) is 5.79. The number of halogens is 4. The molecule has 1 N–H and O–H groups in total. The summed E-state index contributed by atoms with van der Waals surface area (Å²) in [7, 11) is 0. The van der Waals surface area contributed by atoms with Crippen molar-refractivity contribution in [3.05, 3.63) is 57.7 Å². The second-order valence-corrected chi connectivity index (χ2v) is 5.42. The quantitative estimate of drug-likeness (QED) is 0.682. The van der Waals surface area contributed by atoms with Crippen molar-refractivity contribution in [1.29, 1.82) is 0 Å². The number of benzene rings is 1. The fourth-order valence-electron chi connectivity index (χ4n) is 2.41. The number of pyridine rings is 1. The van der Waals surface area contributed by atoms with E-state index in [0.29, 0.717) is 17.1 Å². The molecule has 0 fully saturated rings. The first-order chi connectivity index (χ1) is 11.3. The molecular formula is C15H9ClF3N3O2. The van der Waals surface area contributed by atoms with Gasteiger partial charge in [0.15, 0.2) is 5.69 Å². The molecular weight excluding hydrogens is 347 g/mol. The Balaban J connectivity index is 2.08. The van der Waals surface area contributed by atoms with E-state index in [9.17, 15) is 23.2 Å². The number of alkyl halides is 3. The number of fused-ring (bicyclic) bond motifs is 1. The van der Waals surface area contributed by atoms with Gasteiger partial charge in [0, 0.05) is 11.6 Å². The van der Waals surface area contributed by atoms with Gasteiger partial charge in [-0.05, 0) is 17.3 Å². The van der Waals surface area contributed by atoms with Gasteiger partial charge in [-0.1, -0.05) is 29.8 Å². The number of hydrogen-bond acceptors (Lipinski definition) is 4. The number of aromatic nitrogens is 2. The summed E-state index contributed by atoms with van der Waals surface area (Å²) in [6.07, 6.45) is -3.88. The van der Waals surface area contributed by atoms with Crippen molar-refractivity contribution in [3.63, 3.8) is 0 Å². The van der Waals surface area contributed by atoms with Gasteiger partial charge in [0.2, 0.25) is 5.88 Å². The normalized spacial score (nSPS) is 11.8. The van der Waals surface area contributed by atoms with Gasteiger partial charge < -0.3 is 9.67 Å². The second-order valence-electron chi connectivity index (χ2n) is 5.02. The van der Waals surface area contributed by atoms with Crippen LogP contribution in [0.25, 0.3) is 10.9 Å². The van der Waals surface area contributed by atoms with Gasteiger partial charge in [-0.15, -0.1) is 4.91 Å². The zero-order valence-corrected chi connectivity index (χ0v) is 12.6. The molecule has 0 saturated carbocycles. The molecule has 0 spiro atoms. The van der Waals surface area contributed by atoms with Crippen molar-refractivity contribution < 1.29 is 18.3 Å². The third kappa shape index (κ3) is 2.69. The highest BCUT2D eigenvalue weighted by atomic mass is 35.5. The SMILES string of the molecule is O=Nc1c(O)n(Cc2ncc(C(F)(F)F)cc2Cl)c2ccccc12. The van der Waals surface area contributed by atoms with Gasteiger partial charge in [0.1, 0.15) is 0 Å². The summed E-state index contributed by atoms with van der Waals surface area (Å²) in [5, 5.41) is 13.2. The van der Waals surface area contributed by atoms with Crippen LogP contribution in [0, 0.1) is 4.91 Å². The molecule has 0 unspecified atom stereocenters. The molecule has 3 aromatic rings. The predicted octanol–water partition coefficient (Wildman–Crippen LogP) is 4.86. The number of nitroso groups, excluding NO2 is 1. The van der Waals surface area contributed by atoms with E-state index in [4.69, 9.17) is 11.6 Å². The lowest BCUT2D eigenvalue weighted by molar-refractivity contribution is -0.137. The minimum atomic E-state index is -4.55. The van der Waals surface area contributed by atoms with Crippen LogP contribution in [0.1, 0.15) is 11.3 Å². The number of aromatic hydroxyl groups is 1. The smallest absolute Gasteiger partial charge is 0.417 e. The summed E-state index contributed by atoms with van der Waals surface area (Å²) in [4.78, 5) is 14.7. The molecule has 9 heteroatoms. The minimum absolute atomic E-state index is 0.112. The van der Waals surface area contributed by atoms with Crippen LogP contribution in [0.3, 0.4) is 0 Å². The lowest BCUT2D eigenvalue weighted by Crippen LogP contribution is -2.08. The lowest BCUT2D eigenvalue weighted by Gasteiger charge is -2.11. The summed E-state index contributed by atoms with van der Waals surface area (Å²) in [5.74, 6) is -0.399. The first-order valence-electron chi connectivity index (χ1n) is 6.68. The van der Waals surface area contributed by atoms with Crippen LogP contribution in [-0.2, 0) is 12.7 Å². The Morgan fingerprint density at radius 3 is 2.62 bits per heavy atom. The third-order valence-corrected chi connectivity index (χ3v) is 3.89. The van der Waals surface area contributed by atoms with Gasteiger partial charge in [0.05, 0.1) is 28.3 Å². The van der Waals surface area contributed by atoms with E-state index in [-0.39, 0.29) is 22.9 Å².